The lowest BCUT2D eigenvalue weighted by Gasteiger charge is -2.21. The molecule has 0 amide bonds. The number of ether oxygens (including phenoxy) is 1. The Hall–Kier alpha value is -0.800. The van der Waals surface area contributed by atoms with Crippen molar-refractivity contribution in [2.75, 3.05) is 13.2 Å². The second-order valence-corrected chi connectivity index (χ2v) is 4.99. The molecule has 0 atom stereocenters. The second-order valence-electron chi connectivity index (χ2n) is 4.99. The van der Waals surface area contributed by atoms with E-state index in [-0.39, 0.29) is 0 Å². The maximum atomic E-state index is 5.86. The number of aromatic nitrogens is 1. The standard InChI is InChI=1S/C14H24N2O/c1-16-9-7-13(12-16)11-15-8-10-17-14-5-3-2-4-6-14/h7,9,12,14-15H,2-6,8,10-11H2,1H3. The molecule has 1 fully saturated rings. The summed E-state index contributed by atoms with van der Waals surface area (Å²) in [6.45, 7) is 2.73. The first-order chi connectivity index (χ1) is 8.34. The van der Waals surface area contributed by atoms with Gasteiger partial charge in [0.25, 0.3) is 0 Å². The first-order valence-electron chi connectivity index (χ1n) is 6.78. The van der Waals surface area contributed by atoms with Crippen molar-refractivity contribution in [1.82, 2.24) is 9.88 Å². The van der Waals surface area contributed by atoms with E-state index in [0.29, 0.717) is 6.10 Å². The molecule has 1 N–H and O–H groups in total. The van der Waals surface area contributed by atoms with E-state index in [1.54, 1.807) is 0 Å². The third-order valence-electron chi connectivity index (χ3n) is 3.41. The smallest absolute Gasteiger partial charge is 0.0594 e. The van der Waals surface area contributed by atoms with Gasteiger partial charge in [-0.2, -0.15) is 0 Å². The molecule has 0 unspecified atom stereocenters. The van der Waals surface area contributed by atoms with Crippen molar-refractivity contribution in [3.63, 3.8) is 0 Å². The van der Waals surface area contributed by atoms with Gasteiger partial charge >= 0.3 is 0 Å². The molecular weight excluding hydrogens is 212 g/mol. The Kier molecular flexibility index (Phi) is 5.08. The van der Waals surface area contributed by atoms with E-state index >= 15 is 0 Å². The summed E-state index contributed by atoms with van der Waals surface area (Å²) in [6.07, 6.45) is 11.4. The Balaban J connectivity index is 1.51. The summed E-state index contributed by atoms with van der Waals surface area (Å²) >= 11 is 0. The third-order valence-corrected chi connectivity index (χ3v) is 3.41. The zero-order chi connectivity index (χ0) is 11.9. The Morgan fingerprint density at radius 1 is 1.35 bits per heavy atom. The van der Waals surface area contributed by atoms with Gasteiger partial charge in [-0.15, -0.1) is 0 Å². The second kappa shape index (κ2) is 6.82. The lowest BCUT2D eigenvalue weighted by molar-refractivity contribution is 0.0302. The summed E-state index contributed by atoms with van der Waals surface area (Å²) in [5, 5.41) is 3.42. The van der Waals surface area contributed by atoms with Crippen LogP contribution in [0.4, 0.5) is 0 Å². The number of aryl methyl sites for hydroxylation is 1. The lowest BCUT2D eigenvalue weighted by atomic mass is 9.98. The van der Waals surface area contributed by atoms with Gasteiger partial charge in [-0.25, -0.2) is 0 Å². The molecular formula is C14H24N2O. The highest BCUT2D eigenvalue weighted by Crippen LogP contribution is 2.19. The monoisotopic (exact) mass is 236 g/mol. The van der Waals surface area contributed by atoms with Crippen LogP contribution >= 0.6 is 0 Å². The van der Waals surface area contributed by atoms with Crippen LogP contribution in [0.5, 0.6) is 0 Å². The summed E-state index contributed by atoms with van der Waals surface area (Å²) in [5.74, 6) is 0. The van der Waals surface area contributed by atoms with E-state index in [4.69, 9.17) is 4.74 Å². The summed E-state index contributed by atoms with van der Waals surface area (Å²) in [6, 6.07) is 2.15. The predicted molar refractivity (Wildman–Crippen MR) is 69.9 cm³/mol. The fraction of sp³-hybridized carbons (Fsp3) is 0.714. The summed E-state index contributed by atoms with van der Waals surface area (Å²) < 4.78 is 7.94. The van der Waals surface area contributed by atoms with Gasteiger partial charge in [0.15, 0.2) is 0 Å². The number of hydrogen-bond acceptors (Lipinski definition) is 2. The van der Waals surface area contributed by atoms with Gasteiger partial charge in [0.05, 0.1) is 12.7 Å². The van der Waals surface area contributed by atoms with Crippen LogP contribution in [-0.2, 0) is 18.3 Å². The fourth-order valence-electron chi connectivity index (χ4n) is 2.43. The average molecular weight is 236 g/mol. The van der Waals surface area contributed by atoms with E-state index in [9.17, 15) is 0 Å². The molecule has 17 heavy (non-hydrogen) atoms. The topological polar surface area (TPSA) is 26.2 Å². The predicted octanol–water partition coefficient (Wildman–Crippen LogP) is 2.46. The van der Waals surface area contributed by atoms with Gasteiger partial charge in [0.2, 0.25) is 0 Å². The number of rotatable bonds is 6. The highest BCUT2D eigenvalue weighted by atomic mass is 16.5. The highest BCUT2D eigenvalue weighted by molar-refractivity contribution is 5.09. The number of nitrogens with one attached hydrogen (secondary N) is 1. The summed E-state index contributed by atoms with van der Waals surface area (Å²) in [4.78, 5) is 0. The number of nitrogens with zero attached hydrogens (tertiary/aromatic N) is 1. The van der Waals surface area contributed by atoms with Crippen LogP contribution in [0.15, 0.2) is 18.5 Å². The average Bonchev–Trinajstić information content (AvgIpc) is 2.76. The van der Waals surface area contributed by atoms with Crippen molar-refractivity contribution in [2.24, 2.45) is 7.05 Å². The molecule has 0 bridgehead atoms. The maximum Gasteiger partial charge on any atom is 0.0594 e. The van der Waals surface area contributed by atoms with Crippen molar-refractivity contribution in [3.05, 3.63) is 24.0 Å². The van der Waals surface area contributed by atoms with Gasteiger partial charge in [-0.1, -0.05) is 19.3 Å². The minimum Gasteiger partial charge on any atom is -0.377 e. The molecule has 0 saturated heterocycles. The Labute approximate surface area is 104 Å². The van der Waals surface area contributed by atoms with Gasteiger partial charge in [0, 0.05) is 32.5 Å². The molecule has 2 rings (SSSR count). The van der Waals surface area contributed by atoms with Crippen LogP contribution in [0, 0.1) is 0 Å². The van der Waals surface area contributed by atoms with E-state index in [2.05, 4.69) is 35.4 Å². The minimum atomic E-state index is 0.530. The van der Waals surface area contributed by atoms with Gasteiger partial charge in [-0.3, -0.25) is 0 Å². The quantitative estimate of drug-likeness (QED) is 0.768. The molecule has 0 aliphatic heterocycles. The molecule has 1 saturated carbocycles. The molecule has 0 spiro atoms. The van der Waals surface area contributed by atoms with E-state index in [1.807, 2.05) is 0 Å². The molecule has 3 heteroatoms. The Morgan fingerprint density at radius 3 is 2.88 bits per heavy atom. The van der Waals surface area contributed by atoms with Crippen LogP contribution in [0.25, 0.3) is 0 Å². The van der Waals surface area contributed by atoms with E-state index < -0.39 is 0 Å². The van der Waals surface area contributed by atoms with Crippen molar-refractivity contribution < 1.29 is 4.74 Å². The molecule has 1 aliphatic carbocycles. The first-order valence-corrected chi connectivity index (χ1v) is 6.78. The fourth-order valence-corrected chi connectivity index (χ4v) is 2.43. The van der Waals surface area contributed by atoms with Crippen molar-refractivity contribution in [3.8, 4) is 0 Å². The molecule has 1 heterocycles. The van der Waals surface area contributed by atoms with Crippen LogP contribution in [0.1, 0.15) is 37.7 Å². The van der Waals surface area contributed by atoms with Crippen molar-refractivity contribution in [1.29, 1.82) is 0 Å². The Bertz CT molecular complexity index is 316. The lowest BCUT2D eigenvalue weighted by Crippen LogP contribution is -2.24. The number of hydrogen-bond donors (Lipinski definition) is 1. The highest BCUT2D eigenvalue weighted by Gasteiger charge is 2.12. The maximum absolute atomic E-state index is 5.86. The van der Waals surface area contributed by atoms with Gasteiger partial charge < -0.3 is 14.6 Å². The van der Waals surface area contributed by atoms with E-state index in [1.165, 1.54) is 37.7 Å². The van der Waals surface area contributed by atoms with Gasteiger partial charge in [-0.05, 0) is 24.5 Å². The SMILES string of the molecule is Cn1ccc(CNCCOC2CCCCC2)c1. The largest absolute Gasteiger partial charge is 0.377 e. The molecule has 1 aromatic rings. The molecule has 96 valence electrons. The molecule has 1 aromatic heterocycles. The third kappa shape index (κ3) is 4.52. The summed E-state index contributed by atoms with van der Waals surface area (Å²) in [7, 11) is 2.05. The van der Waals surface area contributed by atoms with Crippen LogP contribution < -0.4 is 5.32 Å². The van der Waals surface area contributed by atoms with E-state index in [0.717, 1.165) is 19.7 Å². The van der Waals surface area contributed by atoms with Gasteiger partial charge in [0.1, 0.15) is 0 Å². The molecule has 0 aromatic carbocycles. The molecule has 1 aliphatic rings. The minimum absolute atomic E-state index is 0.530. The summed E-state index contributed by atoms with van der Waals surface area (Å²) in [5.41, 5.74) is 1.34. The van der Waals surface area contributed by atoms with Crippen LogP contribution in [-0.4, -0.2) is 23.8 Å². The molecule has 0 radical (unpaired) electrons. The normalized spacial score (nSPS) is 17.5. The van der Waals surface area contributed by atoms with Crippen LogP contribution in [0.3, 0.4) is 0 Å². The zero-order valence-electron chi connectivity index (χ0n) is 10.8. The van der Waals surface area contributed by atoms with Crippen molar-refractivity contribution >= 4 is 0 Å². The Morgan fingerprint density at radius 2 is 2.18 bits per heavy atom. The first kappa shape index (κ1) is 12.7. The zero-order valence-corrected chi connectivity index (χ0v) is 10.8. The molecule has 3 nitrogen and oxygen atoms in total. The van der Waals surface area contributed by atoms with Crippen LogP contribution in [0.2, 0.25) is 0 Å². The van der Waals surface area contributed by atoms with Crippen molar-refractivity contribution in [2.45, 2.75) is 44.8 Å².